The fraction of sp³-hybridized carbons (Fsp3) is 0.357. The molecule has 1 amide bonds. The highest BCUT2D eigenvalue weighted by atomic mass is 35.5. The van der Waals surface area contributed by atoms with Gasteiger partial charge in [0, 0.05) is 5.69 Å². The van der Waals surface area contributed by atoms with Gasteiger partial charge in [-0.15, -0.1) is 24.8 Å². The Balaban J connectivity index is 0.00000220. The average Bonchev–Trinajstić information content (AvgIpc) is 2.92. The molecule has 0 bridgehead atoms. The fourth-order valence-electron chi connectivity index (χ4n) is 1.72. The predicted molar refractivity (Wildman–Crippen MR) is 91.5 cm³/mol. The van der Waals surface area contributed by atoms with Crippen molar-refractivity contribution in [2.24, 2.45) is 11.7 Å². The van der Waals surface area contributed by atoms with Gasteiger partial charge in [-0.05, 0) is 23.6 Å². The largest absolute Gasteiger partial charge is 0.325 e. The molecule has 0 aliphatic rings. The summed E-state index contributed by atoms with van der Waals surface area (Å²) < 4.78 is 1.74. The van der Waals surface area contributed by atoms with Crippen molar-refractivity contribution in [2.45, 2.75) is 26.4 Å². The number of nitrogens with one attached hydrogen (secondary N) is 1. The van der Waals surface area contributed by atoms with Crippen molar-refractivity contribution in [2.75, 3.05) is 5.32 Å². The molecule has 22 heavy (non-hydrogen) atoms. The van der Waals surface area contributed by atoms with Crippen LogP contribution in [0.1, 0.15) is 19.4 Å². The van der Waals surface area contributed by atoms with Crippen LogP contribution < -0.4 is 11.1 Å². The molecule has 1 aromatic heterocycles. The summed E-state index contributed by atoms with van der Waals surface area (Å²) in [7, 11) is 0. The van der Waals surface area contributed by atoms with Crippen LogP contribution in [0.4, 0.5) is 5.69 Å². The third kappa shape index (κ3) is 5.63. The van der Waals surface area contributed by atoms with E-state index in [1.807, 2.05) is 38.1 Å². The number of rotatable bonds is 5. The standard InChI is InChI=1S/C14H19N5O.2ClH/c1-10(2)13(15)14(20)18-12-5-3-11(4-6-12)7-19-9-16-8-17-19;;/h3-6,8-10,13H,7,15H2,1-2H3,(H,18,20);2*1H. The fourth-order valence-corrected chi connectivity index (χ4v) is 1.72. The minimum atomic E-state index is -0.496. The Morgan fingerprint density at radius 1 is 1.27 bits per heavy atom. The SMILES string of the molecule is CC(C)C(N)C(=O)Nc1ccc(Cn2cncn2)cc1.Cl.Cl. The van der Waals surface area contributed by atoms with Crippen LogP contribution in [0.15, 0.2) is 36.9 Å². The first-order valence-electron chi connectivity index (χ1n) is 6.54. The lowest BCUT2D eigenvalue weighted by atomic mass is 10.0. The number of benzene rings is 1. The smallest absolute Gasteiger partial charge is 0.241 e. The molecule has 0 spiro atoms. The summed E-state index contributed by atoms with van der Waals surface area (Å²) >= 11 is 0. The van der Waals surface area contributed by atoms with E-state index in [4.69, 9.17) is 5.73 Å². The van der Waals surface area contributed by atoms with Gasteiger partial charge < -0.3 is 11.1 Å². The van der Waals surface area contributed by atoms with Gasteiger partial charge in [0.15, 0.2) is 0 Å². The number of hydrogen-bond donors (Lipinski definition) is 2. The topological polar surface area (TPSA) is 85.8 Å². The highest BCUT2D eigenvalue weighted by Gasteiger charge is 2.16. The Hall–Kier alpha value is -1.63. The van der Waals surface area contributed by atoms with Gasteiger partial charge in [-0.1, -0.05) is 26.0 Å². The van der Waals surface area contributed by atoms with Gasteiger partial charge in [0.2, 0.25) is 5.91 Å². The van der Waals surface area contributed by atoms with Crippen molar-refractivity contribution >= 4 is 36.4 Å². The molecule has 0 saturated heterocycles. The summed E-state index contributed by atoms with van der Waals surface area (Å²) in [6.07, 6.45) is 3.17. The van der Waals surface area contributed by atoms with Crippen LogP contribution in [-0.2, 0) is 11.3 Å². The molecule has 0 aliphatic heterocycles. The molecule has 1 aromatic carbocycles. The number of nitrogens with two attached hydrogens (primary N) is 1. The van der Waals surface area contributed by atoms with E-state index in [0.29, 0.717) is 6.54 Å². The van der Waals surface area contributed by atoms with Crippen LogP contribution in [0.3, 0.4) is 0 Å². The zero-order chi connectivity index (χ0) is 14.5. The monoisotopic (exact) mass is 345 g/mol. The molecule has 2 aromatic rings. The number of halogens is 2. The van der Waals surface area contributed by atoms with E-state index in [1.54, 1.807) is 11.0 Å². The van der Waals surface area contributed by atoms with Gasteiger partial charge in [-0.3, -0.25) is 4.79 Å². The Morgan fingerprint density at radius 3 is 2.41 bits per heavy atom. The van der Waals surface area contributed by atoms with Crippen LogP contribution in [0.25, 0.3) is 0 Å². The second kappa shape index (κ2) is 9.40. The average molecular weight is 346 g/mol. The highest BCUT2D eigenvalue weighted by molar-refractivity contribution is 5.94. The maximum atomic E-state index is 11.8. The summed E-state index contributed by atoms with van der Waals surface area (Å²) in [4.78, 5) is 15.7. The molecule has 6 nitrogen and oxygen atoms in total. The molecule has 0 aliphatic carbocycles. The Labute approximate surface area is 142 Å². The molecule has 122 valence electrons. The van der Waals surface area contributed by atoms with E-state index in [1.165, 1.54) is 6.33 Å². The van der Waals surface area contributed by atoms with Gasteiger partial charge >= 0.3 is 0 Å². The molecule has 1 unspecified atom stereocenters. The van der Waals surface area contributed by atoms with E-state index in [2.05, 4.69) is 15.4 Å². The maximum Gasteiger partial charge on any atom is 0.241 e. The maximum absolute atomic E-state index is 11.8. The summed E-state index contributed by atoms with van der Waals surface area (Å²) in [5.41, 5.74) is 7.63. The van der Waals surface area contributed by atoms with Crippen LogP contribution in [0, 0.1) is 5.92 Å². The third-order valence-electron chi connectivity index (χ3n) is 3.05. The number of aromatic nitrogens is 3. The van der Waals surface area contributed by atoms with Crippen LogP contribution in [0.5, 0.6) is 0 Å². The number of carbonyl (C=O) groups excluding carboxylic acids is 1. The second-order valence-corrected chi connectivity index (χ2v) is 5.05. The van der Waals surface area contributed by atoms with E-state index >= 15 is 0 Å². The van der Waals surface area contributed by atoms with E-state index < -0.39 is 6.04 Å². The Kier molecular flexibility index (Phi) is 8.70. The molecule has 0 radical (unpaired) electrons. The number of hydrogen-bond acceptors (Lipinski definition) is 4. The number of anilines is 1. The zero-order valence-electron chi connectivity index (χ0n) is 12.5. The second-order valence-electron chi connectivity index (χ2n) is 5.05. The summed E-state index contributed by atoms with van der Waals surface area (Å²) in [5, 5.41) is 6.85. The highest BCUT2D eigenvalue weighted by Crippen LogP contribution is 2.11. The van der Waals surface area contributed by atoms with E-state index in [9.17, 15) is 4.79 Å². The molecule has 1 heterocycles. The van der Waals surface area contributed by atoms with E-state index in [0.717, 1.165) is 11.3 Å². The molecule has 0 fully saturated rings. The van der Waals surface area contributed by atoms with Crippen molar-refractivity contribution < 1.29 is 4.79 Å². The number of nitrogens with zero attached hydrogens (tertiary/aromatic N) is 3. The van der Waals surface area contributed by atoms with Gasteiger partial charge in [0.1, 0.15) is 12.7 Å². The first-order chi connectivity index (χ1) is 9.56. The first kappa shape index (κ1) is 20.4. The molecule has 8 heteroatoms. The van der Waals surface area contributed by atoms with Crippen LogP contribution in [0.2, 0.25) is 0 Å². The van der Waals surface area contributed by atoms with Crippen LogP contribution >= 0.6 is 24.8 Å². The van der Waals surface area contributed by atoms with Crippen molar-refractivity contribution in [1.82, 2.24) is 14.8 Å². The zero-order valence-corrected chi connectivity index (χ0v) is 14.1. The normalized spacial score (nSPS) is 11.3. The molecule has 3 N–H and O–H groups in total. The molecule has 2 rings (SSSR count). The molecular weight excluding hydrogens is 325 g/mol. The summed E-state index contributed by atoms with van der Waals surface area (Å²) in [6, 6.07) is 7.11. The molecule has 1 atom stereocenters. The van der Waals surface area contributed by atoms with E-state index in [-0.39, 0.29) is 36.6 Å². The van der Waals surface area contributed by atoms with Crippen molar-refractivity contribution in [3.63, 3.8) is 0 Å². The predicted octanol–water partition coefficient (Wildman–Crippen LogP) is 2.09. The lowest BCUT2D eigenvalue weighted by Gasteiger charge is -2.15. The summed E-state index contributed by atoms with van der Waals surface area (Å²) in [5.74, 6) is -0.0504. The lowest BCUT2D eigenvalue weighted by molar-refractivity contribution is -0.118. The minimum Gasteiger partial charge on any atom is -0.325 e. The van der Waals surface area contributed by atoms with Gasteiger partial charge in [-0.2, -0.15) is 5.10 Å². The van der Waals surface area contributed by atoms with Gasteiger partial charge in [0.25, 0.3) is 0 Å². The van der Waals surface area contributed by atoms with Gasteiger partial charge in [-0.25, -0.2) is 9.67 Å². The third-order valence-corrected chi connectivity index (χ3v) is 3.05. The number of amides is 1. The quantitative estimate of drug-likeness (QED) is 0.868. The van der Waals surface area contributed by atoms with Crippen molar-refractivity contribution in [3.8, 4) is 0 Å². The van der Waals surface area contributed by atoms with Crippen molar-refractivity contribution in [3.05, 3.63) is 42.5 Å². The molecular formula is C14H21Cl2N5O. The Bertz CT molecular complexity index is 557. The molecule has 0 saturated carbocycles. The van der Waals surface area contributed by atoms with Gasteiger partial charge in [0.05, 0.1) is 12.6 Å². The summed E-state index contributed by atoms with van der Waals surface area (Å²) in [6.45, 7) is 4.50. The number of carbonyl (C=O) groups is 1. The Morgan fingerprint density at radius 2 is 1.91 bits per heavy atom. The van der Waals surface area contributed by atoms with Crippen molar-refractivity contribution in [1.29, 1.82) is 0 Å². The lowest BCUT2D eigenvalue weighted by Crippen LogP contribution is -2.39. The van der Waals surface area contributed by atoms with Crippen LogP contribution in [-0.4, -0.2) is 26.7 Å². The first-order valence-corrected chi connectivity index (χ1v) is 6.54. The minimum absolute atomic E-state index is 0.